The summed E-state index contributed by atoms with van der Waals surface area (Å²) in [5, 5.41) is 5.85. The first kappa shape index (κ1) is 28.5. The lowest BCUT2D eigenvalue weighted by Gasteiger charge is -2.41. The Balaban J connectivity index is 1.19. The van der Waals surface area contributed by atoms with Crippen molar-refractivity contribution in [3.05, 3.63) is 60.4 Å². The SMILES string of the molecule is CN1CCN(C2CCC(n3nc(-c4ccc(Oc5cccc(CNS(C)(=O)=O)c5)cc4)c4c(N)ncnc43)CC2)CC1. The molecule has 0 spiro atoms. The van der Waals surface area contributed by atoms with Gasteiger partial charge < -0.3 is 15.4 Å². The average molecular weight is 591 g/mol. The average Bonchev–Trinajstić information content (AvgIpc) is 3.38. The van der Waals surface area contributed by atoms with Crippen LogP contribution >= 0.6 is 0 Å². The van der Waals surface area contributed by atoms with E-state index in [-0.39, 0.29) is 12.6 Å². The lowest BCUT2D eigenvalue weighted by atomic mass is 9.90. The van der Waals surface area contributed by atoms with Gasteiger partial charge in [0, 0.05) is 44.3 Å². The van der Waals surface area contributed by atoms with Crippen molar-refractivity contribution in [1.29, 1.82) is 0 Å². The molecule has 3 heterocycles. The number of rotatable bonds is 8. The second-order valence-corrected chi connectivity index (χ2v) is 13.3. The van der Waals surface area contributed by atoms with Gasteiger partial charge in [0.05, 0.1) is 17.7 Å². The Morgan fingerprint density at radius 1 is 0.952 bits per heavy atom. The summed E-state index contributed by atoms with van der Waals surface area (Å²) in [5.74, 6) is 1.70. The number of ether oxygens (including phenoxy) is 1. The van der Waals surface area contributed by atoms with Crippen molar-refractivity contribution in [2.75, 3.05) is 45.2 Å². The number of nitrogens with one attached hydrogen (secondary N) is 1. The van der Waals surface area contributed by atoms with Crippen molar-refractivity contribution < 1.29 is 13.2 Å². The molecule has 1 saturated carbocycles. The number of nitrogens with zero attached hydrogens (tertiary/aromatic N) is 6. The van der Waals surface area contributed by atoms with Gasteiger partial charge in [0.15, 0.2) is 5.65 Å². The number of benzene rings is 2. The lowest BCUT2D eigenvalue weighted by Crippen LogP contribution is -2.49. The van der Waals surface area contributed by atoms with Gasteiger partial charge in [-0.05, 0) is 74.7 Å². The Morgan fingerprint density at radius 2 is 1.67 bits per heavy atom. The minimum atomic E-state index is -3.28. The Morgan fingerprint density at radius 3 is 2.38 bits per heavy atom. The molecule has 42 heavy (non-hydrogen) atoms. The van der Waals surface area contributed by atoms with E-state index in [0.717, 1.165) is 86.0 Å². The third-order valence-corrected chi connectivity index (χ3v) is 9.05. The van der Waals surface area contributed by atoms with Crippen molar-refractivity contribution >= 4 is 26.9 Å². The molecule has 0 amide bonds. The highest BCUT2D eigenvalue weighted by molar-refractivity contribution is 7.88. The summed E-state index contributed by atoms with van der Waals surface area (Å²) >= 11 is 0. The van der Waals surface area contributed by atoms with Crippen LogP contribution in [0.5, 0.6) is 11.5 Å². The van der Waals surface area contributed by atoms with E-state index < -0.39 is 10.0 Å². The summed E-state index contributed by atoms with van der Waals surface area (Å²) in [7, 11) is -1.08. The maximum Gasteiger partial charge on any atom is 0.209 e. The minimum Gasteiger partial charge on any atom is -0.457 e. The van der Waals surface area contributed by atoms with Crippen LogP contribution in [-0.4, -0.2) is 83.5 Å². The van der Waals surface area contributed by atoms with E-state index in [2.05, 4.69) is 36.2 Å². The third kappa shape index (κ3) is 6.41. The van der Waals surface area contributed by atoms with Crippen LogP contribution in [-0.2, 0) is 16.6 Å². The van der Waals surface area contributed by atoms with Crippen molar-refractivity contribution in [2.24, 2.45) is 0 Å². The van der Waals surface area contributed by atoms with Crippen molar-refractivity contribution in [3.63, 3.8) is 0 Å². The first-order valence-electron chi connectivity index (χ1n) is 14.5. The van der Waals surface area contributed by atoms with Gasteiger partial charge in [0.25, 0.3) is 0 Å². The van der Waals surface area contributed by atoms with Crippen molar-refractivity contribution in [1.82, 2.24) is 34.3 Å². The number of nitrogens with two attached hydrogens (primary N) is 1. The molecule has 0 radical (unpaired) electrons. The van der Waals surface area contributed by atoms with E-state index in [1.54, 1.807) is 0 Å². The monoisotopic (exact) mass is 590 g/mol. The first-order chi connectivity index (χ1) is 20.2. The molecule has 12 heteroatoms. The molecule has 2 aliphatic rings. The number of hydrogen-bond acceptors (Lipinski definition) is 9. The van der Waals surface area contributed by atoms with Gasteiger partial charge in [-0.3, -0.25) is 4.90 Å². The number of likely N-dealkylation sites (N-methyl/N-ethyl adjacent to an activating group) is 1. The number of nitrogen functional groups attached to an aromatic ring is 1. The van der Waals surface area contributed by atoms with Crippen LogP contribution < -0.4 is 15.2 Å². The van der Waals surface area contributed by atoms with Crippen LogP contribution in [0.15, 0.2) is 54.9 Å². The predicted octanol–water partition coefficient (Wildman–Crippen LogP) is 3.65. The zero-order chi connectivity index (χ0) is 29.3. The maximum absolute atomic E-state index is 11.4. The van der Waals surface area contributed by atoms with Crippen LogP contribution in [0, 0.1) is 0 Å². The molecular weight excluding hydrogens is 552 g/mol. The fraction of sp³-hybridized carbons (Fsp3) is 0.433. The molecule has 0 atom stereocenters. The molecule has 1 aliphatic heterocycles. The van der Waals surface area contributed by atoms with Crippen molar-refractivity contribution in [2.45, 2.75) is 44.3 Å². The molecule has 1 aliphatic carbocycles. The fourth-order valence-corrected chi connectivity index (χ4v) is 6.49. The summed E-state index contributed by atoms with van der Waals surface area (Å²) in [6, 6.07) is 16.0. The number of anilines is 1. The lowest BCUT2D eigenvalue weighted by molar-refractivity contribution is 0.0815. The molecule has 2 aromatic carbocycles. The number of hydrogen-bond donors (Lipinski definition) is 2. The van der Waals surface area contributed by atoms with Gasteiger partial charge in [-0.25, -0.2) is 27.8 Å². The smallest absolute Gasteiger partial charge is 0.209 e. The molecule has 4 aromatic rings. The standard InChI is InChI=1S/C30H38N8O3S/c1-36-14-16-37(17-15-36)23-8-10-24(11-9-23)38-30-27(29(31)32-20-33-30)28(35-38)22-6-12-25(13-7-22)41-26-5-3-4-21(18-26)19-34-42(2,39)40/h3-7,12-13,18,20,23-24,34H,8-11,14-17,19H2,1-2H3,(H2,31,32,33). The quantitative estimate of drug-likeness (QED) is 0.316. The Labute approximate surface area is 246 Å². The van der Waals surface area contributed by atoms with E-state index in [1.165, 1.54) is 6.33 Å². The van der Waals surface area contributed by atoms with E-state index in [0.29, 0.717) is 23.4 Å². The highest BCUT2D eigenvalue weighted by atomic mass is 32.2. The normalized spacial score (nSPS) is 20.6. The van der Waals surface area contributed by atoms with Crippen LogP contribution in [0.3, 0.4) is 0 Å². The fourth-order valence-electron chi connectivity index (χ4n) is 6.06. The van der Waals surface area contributed by atoms with E-state index in [1.807, 2.05) is 48.5 Å². The molecule has 2 fully saturated rings. The topological polar surface area (TPSA) is 132 Å². The summed E-state index contributed by atoms with van der Waals surface area (Å²) < 4.78 is 33.5. The number of aromatic nitrogens is 4. The summed E-state index contributed by atoms with van der Waals surface area (Å²) in [6.45, 7) is 4.78. The molecule has 2 aromatic heterocycles. The van der Waals surface area contributed by atoms with Crippen LogP contribution in [0.25, 0.3) is 22.3 Å². The van der Waals surface area contributed by atoms with Crippen LogP contribution in [0.2, 0.25) is 0 Å². The van der Waals surface area contributed by atoms with Gasteiger partial charge in [-0.1, -0.05) is 12.1 Å². The summed E-state index contributed by atoms with van der Waals surface area (Å²) in [6.07, 6.45) is 7.09. The van der Waals surface area contributed by atoms with Gasteiger partial charge in [0.2, 0.25) is 10.0 Å². The highest BCUT2D eigenvalue weighted by Crippen LogP contribution is 2.37. The Hall–Kier alpha value is -3.58. The molecule has 6 rings (SSSR count). The molecule has 0 bridgehead atoms. The van der Waals surface area contributed by atoms with Crippen LogP contribution in [0.1, 0.15) is 37.3 Å². The van der Waals surface area contributed by atoms with E-state index in [4.69, 9.17) is 15.6 Å². The van der Waals surface area contributed by atoms with Gasteiger partial charge in [0.1, 0.15) is 29.3 Å². The van der Waals surface area contributed by atoms with E-state index in [9.17, 15) is 8.42 Å². The zero-order valence-electron chi connectivity index (χ0n) is 24.1. The summed E-state index contributed by atoms with van der Waals surface area (Å²) in [5.41, 5.74) is 9.64. The molecule has 222 valence electrons. The number of piperazine rings is 1. The second kappa shape index (κ2) is 12.0. The highest BCUT2D eigenvalue weighted by Gasteiger charge is 2.30. The van der Waals surface area contributed by atoms with Crippen LogP contribution in [0.4, 0.5) is 5.82 Å². The van der Waals surface area contributed by atoms with E-state index >= 15 is 0 Å². The maximum atomic E-state index is 11.4. The zero-order valence-corrected chi connectivity index (χ0v) is 24.9. The summed E-state index contributed by atoms with van der Waals surface area (Å²) in [4.78, 5) is 14.0. The van der Waals surface area contributed by atoms with Gasteiger partial charge >= 0.3 is 0 Å². The first-order valence-corrected chi connectivity index (χ1v) is 16.4. The molecule has 1 saturated heterocycles. The van der Waals surface area contributed by atoms with Gasteiger partial charge in [-0.15, -0.1) is 0 Å². The molecule has 3 N–H and O–H groups in total. The largest absolute Gasteiger partial charge is 0.457 e. The predicted molar refractivity (Wildman–Crippen MR) is 164 cm³/mol. The number of fused-ring (bicyclic) bond motifs is 1. The molecule has 11 nitrogen and oxygen atoms in total. The number of sulfonamides is 1. The minimum absolute atomic E-state index is 0.200. The molecule has 0 unspecified atom stereocenters. The third-order valence-electron chi connectivity index (χ3n) is 8.38. The Kier molecular flexibility index (Phi) is 8.13. The van der Waals surface area contributed by atoms with Gasteiger partial charge in [-0.2, -0.15) is 5.10 Å². The Bertz CT molecular complexity index is 1640. The molecular formula is C30H38N8O3S. The van der Waals surface area contributed by atoms with Crippen molar-refractivity contribution in [3.8, 4) is 22.8 Å². The second-order valence-electron chi connectivity index (χ2n) is 11.4.